The maximum absolute atomic E-state index is 13.4. The van der Waals surface area contributed by atoms with Gasteiger partial charge in [-0.2, -0.15) is 0 Å². The quantitative estimate of drug-likeness (QED) is 0.693. The van der Waals surface area contributed by atoms with E-state index in [1.54, 1.807) is 7.05 Å². The van der Waals surface area contributed by atoms with Crippen molar-refractivity contribution in [2.24, 2.45) is 0 Å². The molecule has 0 aliphatic carbocycles. The monoisotopic (exact) mass is 283 g/mol. The van der Waals surface area contributed by atoms with E-state index in [4.69, 9.17) is 5.11 Å². The number of anilines is 1. The number of benzene rings is 1. The van der Waals surface area contributed by atoms with Crippen molar-refractivity contribution in [3.05, 3.63) is 29.6 Å². The fourth-order valence-electron chi connectivity index (χ4n) is 1.58. The summed E-state index contributed by atoms with van der Waals surface area (Å²) in [4.78, 5) is 23.9. The van der Waals surface area contributed by atoms with Crippen molar-refractivity contribution in [2.75, 3.05) is 32.5 Å². The number of carbonyl (C=O) groups excluding carboxylic acids is 1. The molecule has 0 spiro atoms. The molecule has 0 saturated heterocycles. The van der Waals surface area contributed by atoms with Crippen LogP contribution >= 0.6 is 0 Å². The SMILES string of the molecule is CNCCCN(C)C(=O)Nc1ccc(C(=O)O)c(F)c1. The summed E-state index contributed by atoms with van der Waals surface area (Å²) >= 11 is 0. The van der Waals surface area contributed by atoms with E-state index in [0.717, 1.165) is 25.1 Å². The van der Waals surface area contributed by atoms with Crippen molar-refractivity contribution >= 4 is 17.7 Å². The van der Waals surface area contributed by atoms with Crippen LogP contribution in [0.4, 0.5) is 14.9 Å². The second-order valence-electron chi connectivity index (χ2n) is 4.31. The zero-order chi connectivity index (χ0) is 15.1. The molecule has 2 amide bonds. The van der Waals surface area contributed by atoms with Gasteiger partial charge in [0.05, 0.1) is 5.56 Å². The average molecular weight is 283 g/mol. The lowest BCUT2D eigenvalue weighted by molar-refractivity contribution is 0.0692. The second kappa shape index (κ2) is 7.44. The lowest BCUT2D eigenvalue weighted by atomic mass is 10.2. The summed E-state index contributed by atoms with van der Waals surface area (Å²) in [5, 5.41) is 14.2. The minimum atomic E-state index is -1.34. The van der Waals surface area contributed by atoms with Gasteiger partial charge in [0, 0.05) is 19.3 Å². The van der Waals surface area contributed by atoms with Crippen molar-refractivity contribution in [1.82, 2.24) is 10.2 Å². The smallest absolute Gasteiger partial charge is 0.338 e. The Hall–Kier alpha value is -2.15. The molecule has 0 aromatic heterocycles. The van der Waals surface area contributed by atoms with Gasteiger partial charge in [-0.15, -0.1) is 0 Å². The van der Waals surface area contributed by atoms with E-state index in [1.165, 1.54) is 11.0 Å². The van der Waals surface area contributed by atoms with E-state index in [0.29, 0.717) is 6.54 Å². The van der Waals surface area contributed by atoms with Crippen molar-refractivity contribution in [2.45, 2.75) is 6.42 Å². The lowest BCUT2D eigenvalue weighted by Crippen LogP contribution is -2.33. The fourth-order valence-corrected chi connectivity index (χ4v) is 1.58. The molecule has 3 N–H and O–H groups in total. The third-order valence-electron chi connectivity index (χ3n) is 2.72. The van der Waals surface area contributed by atoms with E-state index in [2.05, 4.69) is 10.6 Å². The van der Waals surface area contributed by atoms with Gasteiger partial charge < -0.3 is 20.6 Å². The predicted octanol–water partition coefficient (Wildman–Crippen LogP) is 1.60. The second-order valence-corrected chi connectivity index (χ2v) is 4.31. The number of nitrogens with zero attached hydrogens (tertiary/aromatic N) is 1. The summed E-state index contributed by atoms with van der Waals surface area (Å²) in [6, 6.07) is 3.09. The van der Waals surface area contributed by atoms with Crippen molar-refractivity contribution in [3.8, 4) is 0 Å². The van der Waals surface area contributed by atoms with Crippen LogP contribution in [-0.2, 0) is 0 Å². The molecule has 7 heteroatoms. The molecule has 0 fully saturated rings. The topological polar surface area (TPSA) is 81.7 Å². The fraction of sp³-hybridized carbons (Fsp3) is 0.385. The normalized spacial score (nSPS) is 10.2. The molecular formula is C13H18FN3O3. The minimum absolute atomic E-state index is 0.220. The number of hydrogen-bond donors (Lipinski definition) is 3. The van der Waals surface area contributed by atoms with E-state index in [1.807, 2.05) is 7.05 Å². The van der Waals surface area contributed by atoms with Gasteiger partial charge in [-0.25, -0.2) is 14.0 Å². The Morgan fingerprint density at radius 3 is 2.65 bits per heavy atom. The maximum atomic E-state index is 13.4. The van der Waals surface area contributed by atoms with Gasteiger partial charge in [0.1, 0.15) is 5.82 Å². The van der Waals surface area contributed by atoms with Crippen LogP contribution in [0.15, 0.2) is 18.2 Å². The van der Waals surface area contributed by atoms with Gasteiger partial charge >= 0.3 is 12.0 Å². The summed E-state index contributed by atoms with van der Waals surface area (Å²) in [6.45, 7) is 1.35. The Balaban J connectivity index is 2.62. The highest BCUT2D eigenvalue weighted by molar-refractivity contribution is 5.91. The molecule has 0 radical (unpaired) electrons. The van der Waals surface area contributed by atoms with Crippen LogP contribution < -0.4 is 10.6 Å². The van der Waals surface area contributed by atoms with Gasteiger partial charge in [-0.1, -0.05) is 0 Å². The molecule has 110 valence electrons. The number of nitrogens with one attached hydrogen (secondary N) is 2. The molecule has 6 nitrogen and oxygen atoms in total. The van der Waals surface area contributed by atoms with Crippen LogP contribution in [0, 0.1) is 5.82 Å². The van der Waals surface area contributed by atoms with E-state index in [9.17, 15) is 14.0 Å². The molecule has 0 aliphatic rings. The highest BCUT2D eigenvalue weighted by atomic mass is 19.1. The third kappa shape index (κ3) is 4.51. The zero-order valence-electron chi connectivity index (χ0n) is 11.4. The number of rotatable bonds is 6. The zero-order valence-corrected chi connectivity index (χ0v) is 11.4. The van der Waals surface area contributed by atoms with Gasteiger partial charge in [0.2, 0.25) is 0 Å². The predicted molar refractivity (Wildman–Crippen MR) is 73.6 cm³/mol. The van der Waals surface area contributed by atoms with E-state index < -0.39 is 17.3 Å². The molecule has 20 heavy (non-hydrogen) atoms. The molecule has 0 atom stereocenters. The molecule has 0 unspecified atom stereocenters. The number of halogens is 1. The van der Waals surface area contributed by atoms with Crippen LogP contribution in [0.5, 0.6) is 0 Å². The third-order valence-corrected chi connectivity index (χ3v) is 2.72. The summed E-state index contributed by atoms with van der Waals surface area (Å²) in [7, 11) is 3.46. The molecule has 1 aromatic carbocycles. The number of carboxylic acid groups (broad SMARTS) is 1. The van der Waals surface area contributed by atoms with Crippen molar-refractivity contribution in [3.63, 3.8) is 0 Å². The summed E-state index contributed by atoms with van der Waals surface area (Å²) in [5.41, 5.74) is -0.205. The van der Waals surface area contributed by atoms with Crippen LogP contribution in [0.3, 0.4) is 0 Å². The van der Waals surface area contributed by atoms with E-state index >= 15 is 0 Å². The first-order valence-electron chi connectivity index (χ1n) is 6.15. The molecule has 0 heterocycles. The average Bonchev–Trinajstić information content (AvgIpc) is 2.38. The van der Waals surface area contributed by atoms with Gasteiger partial charge in [-0.05, 0) is 38.2 Å². The number of amides is 2. The molecule has 1 aromatic rings. The lowest BCUT2D eigenvalue weighted by Gasteiger charge is -2.18. The first-order chi connectivity index (χ1) is 9.45. The van der Waals surface area contributed by atoms with Gasteiger partial charge in [0.15, 0.2) is 0 Å². The Morgan fingerprint density at radius 1 is 1.40 bits per heavy atom. The summed E-state index contributed by atoms with van der Waals surface area (Å²) < 4.78 is 13.4. The first kappa shape index (κ1) is 15.9. The largest absolute Gasteiger partial charge is 0.478 e. The Bertz CT molecular complexity index is 494. The Morgan fingerprint density at radius 2 is 2.10 bits per heavy atom. The van der Waals surface area contributed by atoms with Gasteiger partial charge in [-0.3, -0.25) is 0 Å². The van der Waals surface area contributed by atoms with Crippen molar-refractivity contribution < 1.29 is 19.1 Å². The van der Waals surface area contributed by atoms with Crippen LogP contribution in [0.1, 0.15) is 16.8 Å². The number of urea groups is 1. The van der Waals surface area contributed by atoms with Crippen molar-refractivity contribution in [1.29, 1.82) is 0 Å². The first-order valence-corrected chi connectivity index (χ1v) is 6.15. The van der Waals surface area contributed by atoms with Gasteiger partial charge in [0.25, 0.3) is 0 Å². The maximum Gasteiger partial charge on any atom is 0.338 e. The number of carbonyl (C=O) groups is 2. The highest BCUT2D eigenvalue weighted by Crippen LogP contribution is 2.15. The van der Waals surface area contributed by atoms with E-state index in [-0.39, 0.29) is 11.7 Å². The molecule has 0 saturated carbocycles. The van der Waals surface area contributed by atoms with Crippen LogP contribution in [0.25, 0.3) is 0 Å². The minimum Gasteiger partial charge on any atom is -0.478 e. The molecule has 1 rings (SSSR count). The highest BCUT2D eigenvalue weighted by Gasteiger charge is 2.13. The number of carboxylic acids is 1. The van der Waals surface area contributed by atoms with Crippen LogP contribution in [0.2, 0.25) is 0 Å². The molecular weight excluding hydrogens is 265 g/mol. The Labute approximate surface area is 116 Å². The number of hydrogen-bond acceptors (Lipinski definition) is 3. The summed E-state index contributed by atoms with van der Waals surface area (Å²) in [5.74, 6) is -2.22. The molecule has 0 bridgehead atoms. The van der Waals surface area contributed by atoms with Crippen LogP contribution in [-0.4, -0.2) is 49.2 Å². The number of aromatic carboxylic acids is 1. The summed E-state index contributed by atoms with van der Waals surface area (Å²) in [6.07, 6.45) is 0.798. The standard InChI is InChI=1S/C13H18FN3O3/c1-15-6-3-7-17(2)13(20)16-9-4-5-10(12(18)19)11(14)8-9/h4-5,8,15H,3,6-7H2,1-2H3,(H,16,20)(H,18,19). The Kier molecular flexibility index (Phi) is 5.92. The molecule has 0 aliphatic heterocycles.